The number of ether oxygens (including phenoxy) is 1. The van der Waals surface area contributed by atoms with Gasteiger partial charge in [0.25, 0.3) is 0 Å². The van der Waals surface area contributed by atoms with E-state index in [-0.39, 0.29) is 6.61 Å². The molecule has 11 heavy (non-hydrogen) atoms. The van der Waals surface area contributed by atoms with Gasteiger partial charge in [-0.15, -0.1) is 0 Å². The van der Waals surface area contributed by atoms with Crippen molar-refractivity contribution in [2.45, 2.75) is 6.61 Å². The van der Waals surface area contributed by atoms with Gasteiger partial charge in [0.15, 0.2) is 0 Å². The van der Waals surface area contributed by atoms with Crippen LogP contribution in [-0.4, -0.2) is 23.3 Å². The van der Waals surface area contributed by atoms with Crippen LogP contribution in [0.1, 0.15) is 5.56 Å². The van der Waals surface area contributed by atoms with E-state index < -0.39 is 0 Å². The smallest absolute Gasteiger partial charge is 0.0719 e. The lowest BCUT2D eigenvalue weighted by Crippen LogP contribution is -1.98. The van der Waals surface area contributed by atoms with Gasteiger partial charge in [0.05, 0.1) is 19.8 Å². The SMILES string of the molecule is OCCOCc1ccncc1. The van der Waals surface area contributed by atoms with E-state index in [0.717, 1.165) is 5.56 Å². The zero-order valence-corrected chi connectivity index (χ0v) is 6.23. The van der Waals surface area contributed by atoms with Crippen LogP contribution >= 0.6 is 0 Å². The van der Waals surface area contributed by atoms with Crippen molar-refractivity contribution in [1.82, 2.24) is 4.98 Å². The summed E-state index contributed by atoms with van der Waals surface area (Å²) in [5.41, 5.74) is 1.08. The summed E-state index contributed by atoms with van der Waals surface area (Å²) in [7, 11) is 0. The van der Waals surface area contributed by atoms with E-state index in [1.54, 1.807) is 12.4 Å². The second kappa shape index (κ2) is 4.82. The molecule has 0 spiro atoms. The molecule has 60 valence electrons. The van der Waals surface area contributed by atoms with E-state index in [2.05, 4.69) is 4.98 Å². The largest absolute Gasteiger partial charge is 0.394 e. The third-order valence-electron chi connectivity index (χ3n) is 1.25. The van der Waals surface area contributed by atoms with Crippen molar-refractivity contribution in [3.05, 3.63) is 30.1 Å². The molecule has 0 aliphatic carbocycles. The second-order valence-corrected chi connectivity index (χ2v) is 2.13. The van der Waals surface area contributed by atoms with Crippen LogP contribution in [0.25, 0.3) is 0 Å². The summed E-state index contributed by atoms with van der Waals surface area (Å²) in [5.74, 6) is 0. The van der Waals surface area contributed by atoms with Gasteiger partial charge in [-0.25, -0.2) is 0 Å². The number of aliphatic hydroxyl groups is 1. The van der Waals surface area contributed by atoms with Gasteiger partial charge in [-0.2, -0.15) is 0 Å². The molecule has 3 nitrogen and oxygen atoms in total. The molecule has 0 aliphatic rings. The molecule has 0 aromatic carbocycles. The van der Waals surface area contributed by atoms with Crippen LogP contribution in [0.4, 0.5) is 0 Å². The van der Waals surface area contributed by atoms with E-state index in [1.807, 2.05) is 12.1 Å². The highest BCUT2D eigenvalue weighted by Gasteiger charge is 1.89. The summed E-state index contributed by atoms with van der Waals surface area (Å²) in [5, 5.41) is 8.41. The molecule has 0 fully saturated rings. The maximum atomic E-state index is 8.41. The Morgan fingerprint density at radius 2 is 2.09 bits per heavy atom. The first-order chi connectivity index (χ1) is 5.43. The fraction of sp³-hybridized carbons (Fsp3) is 0.375. The molecule has 0 saturated heterocycles. The van der Waals surface area contributed by atoms with Crippen molar-refractivity contribution in [3.8, 4) is 0 Å². The van der Waals surface area contributed by atoms with Crippen molar-refractivity contribution >= 4 is 0 Å². The highest BCUT2D eigenvalue weighted by atomic mass is 16.5. The standard InChI is InChI=1S/C8H11NO2/c10-5-6-11-7-8-1-3-9-4-2-8/h1-4,10H,5-7H2. The maximum absolute atomic E-state index is 8.41. The van der Waals surface area contributed by atoms with Gasteiger partial charge < -0.3 is 9.84 Å². The fourth-order valence-electron chi connectivity index (χ4n) is 0.734. The first-order valence-corrected chi connectivity index (χ1v) is 3.51. The topological polar surface area (TPSA) is 42.4 Å². The zero-order valence-electron chi connectivity index (χ0n) is 6.23. The van der Waals surface area contributed by atoms with Gasteiger partial charge in [0, 0.05) is 12.4 Å². The van der Waals surface area contributed by atoms with Crippen LogP contribution < -0.4 is 0 Å². The Morgan fingerprint density at radius 3 is 2.73 bits per heavy atom. The fourth-order valence-corrected chi connectivity index (χ4v) is 0.734. The van der Waals surface area contributed by atoms with Crippen molar-refractivity contribution in [2.75, 3.05) is 13.2 Å². The Balaban J connectivity index is 2.28. The van der Waals surface area contributed by atoms with Gasteiger partial charge >= 0.3 is 0 Å². The first kappa shape index (κ1) is 8.17. The Bertz CT molecular complexity index is 189. The number of nitrogens with zero attached hydrogens (tertiary/aromatic N) is 1. The molecule has 1 N–H and O–H groups in total. The monoisotopic (exact) mass is 153 g/mol. The molecule has 0 unspecified atom stereocenters. The quantitative estimate of drug-likeness (QED) is 0.644. The highest BCUT2D eigenvalue weighted by Crippen LogP contribution is 1.97. The van der Waals surface area contributed by atoms with Crippen LogP contribution in [0, 0.1) is 0 Å². The first-order valence-electron chi connectivity index (χ1n) is 3.51. The number of hydrogen-bond donors (Lipinski definition) is 1. The molecule has 3 heteroatoms. The van der Waals surface area contributed by atoms with Crippen LogP contribution in [0.5, 0.6) is 0 Å². The highest BCUT2D eigenvalue weighted by molar-refractivity contribution is 5.07. The molecular weight excluding hydrogens is 142 g/mol. The molecule has 0 aliphatic heterocycles. The molecule has 1 heterocycles. The van der Waals surface area contributed by atoms with Crippen molar-refractivity contribution < 1.29 is 9.84 Å². The molecule has 1 aromatic heterocycles. The zero-order chi connectivity index (χ0) is 7.94. The van der Waals surface area contributed by atoms with Gasteiger partial charge in [-0.05, 0) is 17.7 Å². The van der Waals surface area contributed by atoms with E-state index >= 15 is 0 Å². The van der Waals surface area contributed by atoms with E-state index in [0.29, 0.717) is 13.2 Å². The molecule has 0 radical (unpaired) electrons. The minimum Gasteiger partial charge on any atom is -0.394 e. The Hall–Kier alpha value is -0.930. The number of hydrogen-bond acceptors (Lipinski definition) is 3. The van der Waals surface area contributed by atoms with Crippen LogP contribution in [-0.2, 0) is 11.3 Å². The molecule has 1 rings (SSSR count). The molecule has 0 amide bonds. The summed E-state index contributed by atoms with van der Waals surface area (Å²) in [6.45, 7) is 1.01. The van der Waals surface area contributed by atoms with Gasteiger partial charge in [-0.3, -0.25) is 4.98 Å². The minimum absolute atomic E-state index is 0.0745. The number of rotatable bonds is 4. The molecule has 0 atom stereocenters. The summed E-state index contributed by atoms with van der Waals surface area (Å²) in [6, 6.07) is 3.77. The lowest BCUT2D eigenvalue weighted by molar-refractivity contribution is 0.0815. The predicted octanol–water partition coefficient (Wildman–Crippen LogP) is 0.591. The Kier molecular flexibility index (Phi) is 3.58. The summed E-state index contributed by atoms with van der Waals surface area (Å²) in [6.07, 6.45) is 3.44. The lowest BCUT2D eigenvalue weighted by atomic mass is 10.3. The van der Waals surface area contributed by atoms with Crippen LogP contribution in [0.3, 0.4) is 0 Å². The summed E-state index contributed by atoms with van der Waals surface area (Å²) in [4.78, 5) is 3.87. The lowest BCUT2D eigenvalue weighted by Gasteiger charge is -2.00. The normalized spacial score (nSPS) is 9.91. The number of aromatic nitrogens is 1. The van der Waals surface area contributed by atoms with Gasteiger partial charge in [0.2, 0.25) is 0 Å². The summed E-state index contributed by atoms with van der Waals surface area (Å²) >= 11 is 0. The molecule has 0 bridgehead atoms. The average Bonchev–Trinajstić information content (AvgIpc) is 2.07. The van der Waals surface area contributed by atoms with E-state index in [9.17, 15) is 0 Å². The van der Waals surface area contributed by atoms with Crippen LogP contribution in [0.2, 0.25) is 0 Å². The third-order valence-corrected chi connectivity index (χ3v) is 1.25. The van der Waals surface area contributed by atoms with Crippen molar-refractivity contribution in [2.24, 2.45) is 0 Å². The van der Waals surface area contributed by atoms with Crippen molar-refractivity contribution in [1.29, 1.82) is 0 Å². The number of aliphatic hydroxyl groups excluding tert-OH is 1. The van der Waals surface area contributed by atoms with Gasteiger partial charge in [-0.1, -0.05) is 0 Å². The minimum atomic E-state index is 0.0745. The molecule has 1 aromatic rings. The van der Waals surface area contributed by atoms with E-state index in [1.165, 1.54) is 0 Å². The van der Waals surface area contributed by atoms with Gasteiger partial charge in [0.1, 0.15) is 0 Å². The van der Waals surface area contributed by atoms with Crippen LogP contribution in [0.15, 0.2) is 24.5 Å². The van der Waals surface area contributed by atoms with E-state index in [4.69, 9.17) is 9.84 Å². The third kappa shape index (κ3) is 3.11. The summed E-state index contributed by atoms with van der Waals surface area (Å²) < 4.78 is 5.09. The number of pyridine rings is 1. The second-order valence-electron chi connectivity index (χ2n) is 2.13. The molecule has 0 saturated carbocycles. The maximum Gasteiger partial charge on any atom is 0.0719 e. The average molecular weight is 153 g/mol. The Labute approximate surface area is 65.7 Å². The predicted molar refractivity (Wildman–Crippen MR) is 41.0 cm³/mol. The van der Waals surface area contributed by atoms with Crippen molar-refractivity contribution in [3.63, 3.8) is 0 Å². The Morgan fingerprint density at radius 1 is 1.36 bits per heavy atom. The molecular formula is C8H11NO2.